The number of ether oxygens (including phenoxy) is 2. The van der Waals surface area contributed by atoms with Crippen molar-refractivity contribution < 1.29 is 14.3 Å². The van der Waals surface area contributed by atoms with Crippen molar-refractivity contribution in [2.24, 2.45) is 5.10 Å². The number of likely N-dealkylation sites (N-methyl/N-ethyl adjacent to an activating group) is 1. The van der Waals surface area contributed by atoms with Crippen LogP contribution in [0.2, 0.25) is 0 Å². The van der Waals surface area contributed by atoms with Crippen LogP contribution in [0.4, 0.5) is 0 Å². The first-order valence-corrected chi connectivity index (χ1v) is 9.70. The zero-order valence-corrected chi connectivity index (χ0v) is 16.7. The van der Waals surface area contributed by atoms with Crippen LogP contribution in [0.15, 0.2) is 23.3 Å². The number of rotatable bonds is 8. The van der Waals surface area contributed by atoms with Crippen LogP contribution in [0.5, 0.6) is 11.5 Å². The summed E-state index contributed by atoms with van der Waals surface area (Å²) in [5.74, 6) is 0.864. The standard InChI is InChI=1S/C19H28N4O3S/c1-3-20-18(24)13-26-16-10-9-14(11-17(16)25-2)12-21-23-19(27)22-15-7-5-4-6-8-15/h9-12,15H,3-8,13H2,1-2H3,(H,20,24)(H2,22,23,27)/b21-12-. The average molecular weight is 393 g/mol. The second-order valence-electron chi connectivity index (χ2n) is 6.33. The molecule has 1 aliphatic carbocycles. The van der Waals surface area contributed by atoms with Gasteiger partial charge >= 0.3 is 0 Å². The number of carbonyl (C=O) groups excluding carboxylic acids is 1. The molecule has 1 fully saturated rings. The Morgan fingerprint density at radius 3 is 2.78 bits per heavy atom. The van der Waals surface area contributed by atoms with Gasteiger partial charge in [0, 0.05) is 12.6 Å². The van der Waals surface area contributed by atoms with Gasteiger partial charge in [-0.15, -0.1) is 0 Å². The Hall–Kier alpha value is -2.35. The van der Waals surface area contributed by atoms with Crippen LogP contribution in [-0.2, 0) is 4.79 Å². The summed E-state index contributed by atoms with van der Waals surface area (Å²) in [6, 6.07) is 5.81. The first kappa shape index (κ1) is 21.0. The molecular formula is C19H28N4O3S. The van der Waals surface area contributed by atoms with Gasteiger partial charge in [-0.1, -0.05) is 19.3 Å². The molecule has 1 amide bonds. The first-order valence-electron chi connectivity index (χ1n) is 9.29. The number of nitrogens with one attached hydrogen (secondary N) is 3. The highest BCUT2D eigenvalue weighted by Crippen LogP contribution is 2.27. The van der Waals surface area contributed by atoms with Gasteiger partial charge < -0.3 is 20.1 Å². The molecular weight excluding hydrogens is 364 g/mol. The molecule has 8 heteroatoms. The van der Waals surface area contributed by atoms with E-state index in [0.29, 0.717) is 29.2 Å². The van der Waals surface area contributed by atoms with Crippen LogP contribution < -0.4 is 25.5 Å². The highest BCUT2D eigenvalue weighted by atomic mass is 32.1. The Morgan fingerprint density at radius 1 is 1.30 bits per heavy atom. The number of carbonyl (C=O) groups is 1. The van der Waals surface area contributed by atoms with Gasteiger partial charge in [0.15, 0.2) is 23.2 Å². The summed E-state index contributed by atoms with van der Waals surface area (Å²) in [4.78, 5) is 11.5. The molecule has 1 aliphatic rings. The summed E-state index contributed by atoms with van der Waals surface area (Å²) in [6.07, 6.45) is 7.77. The highest BCUT2D eigenvalue weighted by molar-refractivity contribution is 7.80. The molecule has 2 rings (SSSR count). The van der Waals surface area contributed by atoms with Crippen LogP contribution in [0.25, 0.3) is 0 Å². The summed E-state index contributed by atoms with van der Waals surface area (Å²) in [7, 11) is 1.55. The third kappa shape index (κ3) is 7.42. The van der Waals surface area contributed by atoms with Crippen molar-refractivity contribution in [2.45, 2.75) is 45.1 Å². The maximum absolute atomic E-state index is 11.5. The zero-order chi connectivity index (χ0) is 19.5. The molecule has 0 spiro atoms. The van der Waals surface area contributed by atoms with Crippen molar-refractivity contribution in [1.82, 2.24) is 16.1 Å². The summed E-state index contributed by atoms with van der Waals surface area (Å²) in [5.41, 5.74) is 3.67. The van der Waals surface area contributed by atoms with Gasteiger partial charge in [-0.3, -0.25) is 10.2 Å². The Morgan fingerprint density at radius 2 is 2.07 bits per heavy atom. The minimum Gasteiger partial charge on any atom is -0.493 e. The minimum absolute atomic E-state index is 0.0553. The lowest BCUT2D eigenvalue weighted by Crippen LogP contribution is -2.40. The molecule has 7 nitrogen and oxygen atoms in total. The van der Waals surface area contributed by atoms with E-state index in [1.165, 1.54) is 19.3 Å². The monoisotopic (exact) mass is 392 g/mol. The Kier molecular flexibility index (Phi) is 8.83. The van der Waals surface area contributed by atoms with Crippen LogP contribution >= 0.6 is 12.2 Å². The van der Waals surface area contributed by atoms with E-state index in [2.05, 4.69) is 21.2 Å². The van der Waals surface area contributed by atoms with E-state index in [-0.39, 0.29) is 12.5 Å². The number of hydrogen-bond acceptors (Lipinski definition) is 5. The van der Waals surface area contributed by atoms with Gasteiger partial charge in [-0.05, 0) is 55.7 Å². The van der Waals surface area contributed by atoms with Gasteiger partial charge in [0.2, 0.25) is 0 Å². The van der Waals surface area contributed by atoms with Gasteiger partial charge in [0.05, 0.1) is 13.3 Å². The largest absolute Gasteiger partial charge is 0.493 e. The topological polar surface area (TPSA) is 84.0 Å². The Balaban J connectivity index is 1.85. The predicted octanol–water partition coefficient (Wildman–Crippen LogP) is 2.34. The van der Waals surface area contributed by atoms with E-state index in [1.54, 1.807) is 25.5 Å². The summed E-state index contributed by atoms with van der Waals surface area (Å²) < 4.78 is 10.8. The molecule has 3 N–H and O–H groups in total. The van der Waals surface area contributed by atoms with Crippen molar-refractivity contribution in [3.63, 3.8) is 0 Å². The van der Waals surface area contributed by atoms with E-state index in [9.17, 15) is 4.79 Å². The van der Waals surface area contributed by atoms with Crippen LogP contribution in [-0.4, -0.2) is 43.5 Å². The number of thiocarbonyl (C=S) groups is 1. The molecule has 0 radical (unpaired) electrons. The van der Waals surface area contributed by atoms with Crippen molar-refractivity contribution in [2.75, 3.05) is 20.3 Å². The van der Waals surface area contributed by atoms with Crippen molar-refractivity contribution in [3.8, 4) is 11.5 Å². The van der Waals surface area contributed by atoms with Gasteiger partial charge in [-0.25, -0.2) is 0 Å². The fourth-order valence-corrected chi connectivity index (χ4v) is 3.12. The SMILES string of the molecule is CCNC(=O)COc1ccc(/C=N\NC(=S)NC2CCCCC2)cc1OC. The third-order valence-electron chi connectivity index (χ3n) is 4.24. The predicted molar refractivity (Wildman–Crippen MR) is 111 cm³/mol. The third-order valence-corrected chi connectivity index (χ3v) is 4.45. The maximum Gasteiger partial charge on any atom is 0.257 e. The number of hydrazone groups is 1. The molecule has 0 heterocycles. The lowest BCUT2D eigenvalue weighted by Gasteiger charge is -2.23. The molecule has 0 aliphatic heterocycles. The fourth-order valence-electron chi connectivity index (χ4n) is 2.91. The Bertz CT molecular complexity index is 660. The summed E-state index contributed by atoms with van der Waals surface area (Å²) >= 11 is 5.28. The first-order chi connectivity index (χ1) is 13.1. The number of benzene rings is 1. The molecule has 0 bridgehead atoms. The minimum atomic E-state index is -0.173. The molecule has 1 aromatic carbocycles. The number of nitrogens with zero attached hydrogens (tertiary/aromatic N) is 1. The normalized spacial score (nSPS) is 14.6. The van der Waals surface area contributed by atoms with Gasteiger partial charge in [0.25, 0.3) is 5.91 Å². The van der Waals surface area contributed by atoms with Crippen LogP contribution in [0.1, 0.15) is 44.6 Å². The van der Waals surface area contributed by atoms with Crippen LogP contribution in [0, 0.1) is 0 Å². The van der Waals surface area contributed by atoms with E-state index in [4.69, 9.17) is 21.7 Å². The molecule has 0 atom stereocenters. The fraction of sp³-hybridized carbons (Fsp3) is 0.526. The lowest BCUT2D eigenvalue weighted by atomic mass is 9.96. The summed E-state index contributed by atoms with van der Waals surface area (Å²) in [6.45, 7) is 2.37. The molecule has 1 aromatic rings. The number of hydrogen-bond donors (Lipinski definition) is 3. The van der Waals surface area contributed by atoms with Crippen molar-refractivity contribution >= 4 is 29.5 Å². The molecule has 0 unspecified atom stereocenters. The molecule has 1 saturated carbocycles. The van der Waals surface area contributed by atoms with Gasteiger partial charge in [0.1, 0.15) is 0 Å². The van der Waals surface area contributed by atoms with Crippen LogP contribution in [0.3, 0.4) is 0 Å². The second-order valence-corrected chi connectivity index (χ2v) is 6.74. The van der Waals surface area contributed by atoms with E-state index in [1.807, 2.05) is 13.0 Å². The molecule has 0 saturated heterocycles. The van der Waals surface area contributed by atoms with Gasteiger partial charge in [-0.2, -0.15) is 5.10 Å². The number of methoxy groups -OCH3 is 1. The van der Waals surface area contributed by atoms with E-state index >= 15 is 0 Å². The maximum atomic E-state index is 11.5. The zero-order valence-electron chi connectivity index (χ0n) is 15.9. The van der Waals surface area contributed by atoms with E-state index in [0.717, 1.165) is 18.4 Å². The Labute approximate surface area is 165 Å². The lowest BCUT2D eigenvalue weighted by molar-refractivity contribution is -0.123. The van der Waals surface area contributed by atoms with E-state index < -0.39 is 0 Å². The highest BCUT2D eigenvalue weighted by Gasteiger charge is 2.13. The smallest absolute Gasteiger partial charge is 0.257 e. The van der Waals surface area contributed by atoms with Crippen molar-refractivity contribution in [3.05, 3.63) is 23.8 Å². The number of amides is 1. The second kappa shape index (κ2) is 11.4. The molecule has 148 valence electrons. The van der Waals surface area contributed by atoms with Crippen molar-refractivity contribution in [1.29, 1.82) is 0 Å². The summed E-state index contributed by atoms with van der Waals surface area (Å²) in [5, 5.41) is 10.7. The molecule has 0 aromatic heterocycles. The molecule has 27 heavy (non-hydrogen) atoms. The average Bonchev–Trinajstić information content (AvgIpc) is 2.67. The quantitative estimate of drug-likeness (QED) is 0.358.